The molecule has 5 heteroatoms. The number of rotatable bonds is 4. The van der Waals surface area contributed by atoms with Gasteiger partial charge in [-0.2, -0.15) is 0 Å². The summed E-state index contributed by atoms with van der Waals surface area (Å²) in [5, 5.41) is 10.5. The van der Waals surface area contributed by atoms with Gasteiger partial charge in [0.15, 0.2) is 0 Å². The summed E-state index contributed by atoms with van der Waals surface area (Å²) in [6.45, 7) is 1.75. The summed E-state index contributed by atoms with van der Waals surface area (Å²) in [7, 11) is 0. The van der Waals surface area contributed by atoms with Crippen LogP contribution >= 0.6 is 0 Å². The molecule has 0 aliphatic heterocycles. The van der Waals surface area contributed by atoms with E-state index in [1.807, 2.05) is 60.7 Å². The zero-order valence-corrected chi connectivity index (χ0v) is 16.7. The van der Waals surface area contributed by atoms with Crippen molar-refractivity contribution < 1.29 is 18.7 Å². The van der Waals surface area contributed by atoms with E-state index >= 15 is 0 Å². The Morgan fingerprint density at radius 2 is 1.52 bits per heavy atom. The Bertz CT molecular complexity index is 1490. The molecular weight excluding hydrogens is 392 g/mol. The number of furan rings is 1. The number of aryl methyl sites for hydroxylation is 1. The molecule has 5 rings (SSSR count). The van der Waals surface area contributed by atoms with E-state index < -0.39 is 5.97 Å². The molecule has 0 saturated carbocycles. The van der Waals surface area contributed by atoms with Gasteiger partial charge in [-0.05, 0) is 24.6 Å². The van der Waals surface area contributed by atoms with E-state index in [2.05, 4.69) is 0 Å². The summed E-state index contributed by atoms with van der Waals surface area (Å²) in [6.07, 6.45) is -0.250. The lowest BCUT2D eigenvalue weighted by molar-refractivity contribution is -0.136. The van der Waals surface area contributed by atoms with E-state index in [0.29, 0.717) is 44.6 Å². The van der Waals surface area contributed by atoms with E-state index in [9.17, 15) is 14.7 Å². The Hall–Kier alpha value is -4.12. The number of hydrogen-bond donors (Lipinski definition) is 1. The maximum absolute atomic E-state index is 13.4. The average molecular weight is 410 g/mol. The number of carboxylic acids is 1. The smallest absolute Gasteiger partial charge is 0.307 e. The Balaban J connectivity index is 1.87. The summed E-state index contributed by atoms with van der Waals surface area (Å²) in [6, 6.07) is 22.1. The number of hydrogen-bond acceptors (Lipinski definition) is 4. The van der Waals surface area contributed by atoms with Crippen molar-refractivity contribution in [2.24, 2.45) is 0 Å². The van der Waals surface area contributed by atoms with Gasteiger partial charge in [0.2, 0.25) is 5.43 Å². The Labute approximate surface area is 177 Å². The maximum atomic E-state index is 13.4. The molecule has 0 aliphatic rings. The van der Waals surface area contributed by atoms with Gasteiger partial charge < -0.3 is 13.9 Å². The van der Waals surface area contributed by atoms with Crippen molar-refractivity contribution in [1.29, 1.82) is 0 Å². The first-order valence-corrected chi connectivity index (χ1v) is 9.89. The third-order valence-electron chi connectivity index (χ3n) is 5.41. The Morgan fingerprint density at radius 1 is 0.871 bits per heavy atom. The third kappa shape index (κ3) is 3.11. The first-order chi connectivity index (χ1) is 15.0. The topological polar surface area (TPSA) is 80.7 Å². The lowest BCUT2D eigenvalue weighted by Gasteiger charge is -2.08. The summed E-state index contributed by atoms with van der Waals surface area (Å²) in [4.78, 5) is 25.1. The van der Waals surface area contributed by atoms with Crippen LogP contribution in [0.2, 0.25) is 0 Å². The Kier molecular flexibility index (Phi) is 4.44. The van der Waals surface area contributed by atoms with Crippen molar-refractivity contribution in [2.45, 2.75) is 13.3 Å². The molecule has 0 saturated heterocycles. The zero-order valence-electron chi connectivity index (χ0n) is 16.7. The third-order valence-corrected chi connectivity index (χ3v) is 5.41. The van der Waals surface area contributed by atoms with Gasteiger partial charge in [0.25, 0.3) is 0 Å². The summed E-state index contributed by atoms with van der Waals surface area (Å²) < 4.78 is 12.2. The molecule has 2 heterocycles. The van der Waals surface area contributed by atoms with Crippen molar-refractivity contribution in [2.75, 3.05) is 0 Å². The van der Waals surface area contributed by atoms with E-state index in [1.54, 1.807) is 19.1 Å². The van der Waals surface area contributed by atoms with E-state index in [0.717, 1.165) is 11.1 Å². The summed E-state index contributed by atoms with van der Waals surface area (Å²) in [5.74, 6) is -0.0465. The van der Waals surface area contributed by atoms with Crippen LogP contribution in [0.5, 0.6) is 0 Å². The van der Waals surface area contributed by atoms with E-state index in [1.165, 1.54) is 0 Å². The normalized spacial score (nSPS) is 11.3. The van der Waals surface area contributed by atoms with Crippen LogP contribution < -0.4 is 5.43 Å². The predicted molar refractivity (Wildman–Crippen MR) is 119 cm³/mol. The molecule has 0 amide bonds. The van der Waals surface area contributed by atoms with Gasteiger partial charge in [0, 0.05) is 11.1 Å². The molecule has 0 spiro atoms. The van der Waals surface area contributed by atoms with Gasteiger partial charge in [-0.15, -0.1) is 0 Å². The number of aliphatic carboxylic acids is 1. The molecule has 5 nitrogen and oxygen atoms in total. The van der Waals surface area contributed by atoms with Crippen molar-refractivity contribution in [1.82, 2.24) is 0 Å². The molecular formula is C26H18O5. The van der Waals surface area contributed by atoms with Crippen LogP contribution in [0.1, 0.15) is 11.3 Å². The van der Waals surface area contributed by atoms with Crippen molar-refractivity contribution >= 4 is 27.9 Å². The highest BCUT2D eigenvalue weighted by molar-refractivity contribution is 6.08. The molecule has 31 heavy (non-hydrogen) atoms. The second kappa shape index (κ2) is 7.29. The molecule has 0 radical (unpaired) electrons. The minimum absolute atomic E-state index is 0.157. The minimum Gasteiger partial charge on any atom is -0.481 e. The largest absolute Gasteiger partial charge is 0.481 e. The van der Waals surface area contributed by atoms with Crippen LogP contribution in [0.4, 0.5) is 0 Å². The molecule has 5 aromatic rings. The van der Waals surface area contributed by atoms with Crippen LogP contribution in [0.25, 0.3) is 44.4 Å². The first-order valence-electron chi connectivity index (χ1n) is 9.89. The molecule has 1 N–H and O–H groups in total. The number of benzene rings is 3. The van der Waals surface area contributed by atoms with Crippen LogP contribution in [0.3, 0.4) is 0 Å². The Morgan fingerprint density at radius 3 is 2.16 bits per heavy atom. The highest BCUT2D eigenvalue weighted by Gasteiger charge is 2.23. The summed E-state index contributed by atoms with van der Waals surface area (Å²) >= 11 is 0. The van der Waals surface area contributed by atoms with E-state index in [4.69, 9.17) is 8.83 Å². The molecule has 0 atom stereocenters. The molecule has 0 fully saturated rings. The molecule has 0 aliphatic carbocycles. The molecule has 152 valence electrons. The number of carboxylic acid groups (broad SMARTS) is 1. The SMILES string of the molecule is Cc1oc2c(ccc3oc(-c4ccccc4)c(CC(=O)O)c32)c(=O)c1-c1ccccc1. The van der Waals surface area contributed by atoms with Crippen molar-refractivity contribution in [3.63, 3.8) is 0 Å². The molecule has 3 aromatic carbocycles. The highest BCUT2D eigenvalue weighted by Crippen LogP contribution is 2.38. The summed E-state index contributed by atoms with van der Waals surface area (Å²) in [5.41, 5.74) is 3.21. The second-order valence-electron chi connectivity index (χ2n) is 7.39. The molecule has 2 aromatic heterocycles. The van der Waals surface area contributed by atoms with Gasteiger partial charge >= 0.3 is 5.97 Å². The zero-order chi connectivity index (χ0) is 21.5. The molecule has 0 bridgehead atoms. The first kappa shape index (κ1) is 18.9. The second-order valence-corrected chi connectivity index (χ2v) is 7.39. The van der Waals surface area contributed by atoms with Gasteiger partial charge in [-0.3, -0.25) is 9.59 Å². The van der Waals surface area contributed by atoms with Gasteiger partial charge in [-0.1, -0.05) is 60.7 Å². The maximum Gasteiger partial charge on any atom is 0.307 e. The quantitative estimate of drug-likeness (QED) is 0.404. The lowest BCUT2D eigenvalue weighted by atomic mass is 9.99. The van der Waals surface area contributed by atoms with Crippen molar-refractivity contribution in [3.8, 4) is 22.5 Å². The van der Waals surface area contributed by atoms with E-state index in [-0.39, 0.29) is 11.8 Å². The fraction of sp³-hybridized carbons (Fsp3) is 0.0769. The van der Waals surface area contributed by atoms with Crippen LogP contribution in [-0.4, -0.2) is 11.1 Å². The van der Waals surface area contributed by atoms with Crippen LogP contribution in [0, 0.1) is 6.92 Å². The fourth-order valence-corrected chi connectivity index (χ4v) is 4.09. The van der Waals surface area contributed by atoms with Gasteiger partial charge in [0.05, 0.1) is 22.8 Å². The van der Waals surface area contributed by atoms with Gasteiger partial charge in [0.1, 0.15) is 22.7 Å². The number of fused-ring (bicyclic) bond motifs is 3. The standard InChI is InChI=1S/C26H18O5/c1-15-22(16-8-4-2-5-9-16)24(29)18-12-13-20-23(26(18)30-15)19(14-21(27)28)25(31-20)17-10-6-3-7-11-17/h2-13H,14H2,1H3,(H,27,28). The fourth-order valence-electron chi connectivity index (χ4n) is 4.09. The highest BCUT2D eigenvalue weighted by atomic mass is 16.4. The van der Waals surface area contributed by atoms with Crippen LogP contribution in [-0.2, 0) is 11.2 Å². The average Bonchev–Trinajstić information content (AvgIpc) is 3.13. The van der Waals surface area contributed by atoms with Gasteiger partial charge in [-0.25, -0.2) is 0 Å². The predicted octanol–water partition coefficient (Wildman–Crippen LogP) is 5.81. The lowest BCUT2D eigenvalue weighted by Crippen LogP contribution is -2.08. The van der Waals surface area contributed by atoms with Crippen LogP contribution in [0.15, 0.2) is 86.4 Å². The monoisotopic (exact) mass is 410 g/mol. The van der Waals surface area contributed by atoms with Crippen molar-refractivity contribution in [3.05, 3.63) is 94.3 Å². The molecule has 0 unspecified atom stereocenters. The minimum atomic E-state index is -0.989. The number of carbonyl (C=O) groups is 1.